The zero-order valence-corrected chi connectivity index (χ0v) is 24.5. The van der Waals surface area contributed by atoms with E-state index in [-0.39, 0.29) is 48.2 Å². The van der Waals surface area contributed by atoms with Gasteiger partial charge in [0.1, 0.15) is 6.10 Å². The van der Waals surface area contributed by atoms with Crippen molar-refractivity contribution in [2.24, 2.45) is 7.05 Å². The van der Waals surface area contributed by atoms with Crippen molar-refractivity contribution >= 4 is 17.7 Å². The number of rotatable bonds is 6. The second-order valence-corrected chi connectivity index (χ2v) is 10.8. The van der Waals surface area contributed by atoms with Crippen LogP contribution in [-0.4, -0.2) is 38.9 Å². The van der Waals surface area contributed by atoms with E-state index in [1.165, 1.54) is 24.9 Å². The smallest absolute Gasteiger partial charge is 0.416 e. The summed E-state index contributed by atoms with van der Waals surface area (Å²) in [7, 11) is 1.38. The number of ether oxygens (including phenoxy) is 1. The Labute approximate surface area is 251 Å². The Morgan fingerprint density at radius 1 is 1.00 bits per heavy atom. The molecule has 0 bridgehead atoms. The summed E-state index contributed by atoms with van der Waals surface area (Å²) < 4.78 is 129. The molecule has 4 rings (SSSR count). The first-order valence-corrected chi connectivity index (χ1v) is 13.8. The number of amides is 1. The van der Waals surface area contributed by atoms with Crippen LogP contribution in [0.1, 0.15) is 72.5 Å². The number of carbonyl (C=O) groups excluding carboxylic acids is 1. The minimum Gasteiger partial charge on any atom is -0.446 e. The maximum absolute atomic E-state index is 14.0. The van der Waals surface area contributed by atoms with Gasteiger partial charge in [-0.05, 0) is 79.3 Å². The molecule has 17 heteroatoms. The number of tetrazole rings is 1. The zero-order valence-electron chi connectivity index (χ0n) is 24.5. The third-order valence-corrected chi connectivity index (χ3v) is 7.42. The number of benzene rings is 2. The van der Waals surface area contributed by atoms with Gasteiger partial charge < -0.3 is 9.64 Å². The number of hydrogen-bond donors (Lipinski definition) is 0. The van der Waals surface area contributed by atoms with Crippen molar-refractivity contribution in [3.8, 4) is 0 Å². The molecule has 2 heterocycles. The van der Waals surface area contributed by atoms with Gasteiger partial charge in [-0.1, -0.05) is 18.1 Å². The molecule has 0 radical (unpaired) electrons. The fourth-order valence-corrected chi connectivity index (χ4v) is 5.09. The molecule has 0 fully saturated rings. The molecular weight excluding hydrogens is 623 g/mol. The van der Waals surface area contributed by atoms with E-state index in [2.05, 4.69) is 15.4 Å². The lowest BCUT2D eigenvalue weighted by molar-refractivity contribution is -0.143. The summed E-state index contributed by atoms with van der Waals surface area (Å²) in [4.78, 5) is 16.5. The summed E-state index contributed by atoms with van der Waals surface area (Å²) in [6.07, 6.45) is -15.8. The van der Waals surface area contributed by atoms with Gasteiger partial charge in [-0.15, -0.1) is 5.10 Å². The normalized spacial score (nSPS) is 16.6. The summed E-state index contributed by atoms with van der Waals surface area (Å²) in [6, 6.07) is 2.12. The highest BCUT2D eigenvalue weighted by atomic mass is 19.4. The van der Waals surface area contributed by atoms with Gasteiger partial charge in [0.2, 0.25) is 0 Å². The van der Waals surface area contributed by atoms with Crippen LogP contribution in [0.25, 0.3) is 0 Å². The molecular formula is C28H29F9N6O2. The van der Waals surface area contributed by atoms with Crippen molar-refractivity contribution in [3.63, 3.8) is 0 Å². The lowest BCUT2D eigenvalue weighted by atomic mass is 9.94. The topological polar surface area (TPSA) is 76.4 Å². The third-order valence-electron chi connectivity index (χ3n) is 7.42. The lowest BCUT2D eigenvalue weighted by Gasteiger charge is -2.33. The van der Waals surface area contributed by atoms with Crippen molar-refractivity contribution in [3.05, 3.63) is 63.7 Å². The molecule has 2 atom stereocenters. The van der Waals surface area contributed by atoms with Crippen molar-refractivity contribution < 1.29 is 49.0 Å². The number of anilines is 2. The van der Waals surface area contributed by atoms with Gasteiger partial charge in [-0.3, -0.25) is 4.90 Å². The van der Waals surface area contributed by atoms with E-state index < -0.39 is 65.6 Å². The highest BCUT2D eigenvalue weighted by Crippen LogP contribution is 2.44. The molecule has 0 spiro atoms. The van der Waals surface area contributed by atoms with E-state index in [0.717, 1.165) is 15.8 Å². The van der Waals surface area contributed by atoms with E-state index in [1.807, 2.05) is 0 Å². The number of hydrogen-bond acceptors (Lipinski definition) is 6. The van der Waals surface area contributed by atoms with Gasteiger partial charge in [-0.2, -0.15) is 44.3 Å². The summed E-state index contributed by atoms with van der Waals surface area (Å²) in [6.45, 7) is 3.88. The summed E-state index contributed by atoms with van der Waals surface area (Å²) >= 11 is 0. The molecule has 0 N–H and O–H groups in total. The van der Waals surface area contributed by atoms with Gasteiger partial charge in [0.05, 0.1) is 35.5 Å². The number of nitrogens with zero attached hydrogens (tertiary/aromatic N) is 6. The average Bonchev–Trinajstić information content (AvgIpc) is 3.27. The third kappa shape index (κ3) is 7.61. The first-order valence-electron chi connectivity index (χ1n) is 13.8. The molecule has 8 nitrogen and oxygen atoms in total. The van der Waals surface area contributed by atoms with Crippen molar-refractivity contribution in [2.75, 3.05) is 16.3 Å². The second kappa shape index (κ2) is 12.4. The second-order valence-electron chi connectivity index (χ2n) is 10.8. The largest absolute Gasteiger partial charge is 0.446 e. The van der Waals surface area contributed by atoms with Crippen LogP contribution in [0.4, 0.5) is 55.9 Å². The molecule has 2 aromatic carbocycles. The highest BCUT2D eigenvalue weighted by molar-refractivity contribution is 5.89. The Morgan fingerprint density at radius 3 is 2.13 bits per heavy atom. The van der Waals surface area contributed by atoms with Gasteiger partial charge in [0, 0.05) is 13.1 Å². The molecule has 0 aliphatic carbocycles. The quantitative estimate of drug-likeness (QED) is 0.253. The maximum atomic E-state index is 14.0. The fourth-order valence-electron chi connectivity index (χ4n) is 5.09. The Balaban J connectivity index is 1.92. The monoisotopic (exact) mass is 652 g/mol. The van der Waals surface area contributed by atoms with Gasteiger partial charge >= 0.3 is 24.6 Å². The predicted octanol–water partition coefficient (Wildman–Crippen LogP) is 7.86. The van der Waals surface area contributed by atoms with E-state index in [1.54, 1.807) is 13.8 Å². The zero-order chi connectivity index (χ0) is 33.5. The molecule has 246 valence electrons. The molecule has 1 aromatic heterocycles. The Morgan fingerprint density at radius 2 is 1.62 bits per heavy atom. The number of carbonyl (C=O) groups is 1. The maximum Gasteiger partial charge on any atom is 0.416 e. The first-order chi connectivity index (χ1) is 20.8. The summed E-state index contributed by atoms with van der Waals surface area (Å²) in [5.74, 6) is -0.201. The number of alkyl halides is 9. The Kier molecular flexibility index (Phi) is 9.31. The fraction of sp³-hybridized carbons (Fsp3) is 0.500. The minimum atomic E-state index is -5.11. The van der Waals surface area contributed by atoms with Crippen LogP contribution in [0.5, 0.6) is 0 Å². The summed E-state index contributed by atoms with van der Waals surface area (Å²) in [5, 5.41) is 11.8. The highest BCUT2D eigenvalue weighted by Gasteiger charge is 2.40. The molecule has 3 aromatic rings. The van der Waals surface area contributed by atoms with Crippen LogP contribution in [0, 0.1) is 6.92 Å². The Bertz CT molecular complexity index is 1500. The number of halogens is 9. The van der Waals surface area contributed by atoms with Crippen molar-refractivity contribution in [2.45, 2.75) is 77.3 Å². The minimum absolute atomic E-state index is 0.00181. The first kappa shape index (κ1) is 33.8. The molecule has 0 saturated carbocycles. The molecule has 1 aliphatic rings. The molecule has 1 aliphatic heterocycles. The summed E-state index contributed by atoms with van der Waals surface area (Å²) in [5.41, 5.74) is -4.75. The number of aromatic nitrogens is 4. The van der Waals surface area contributed by atoms with Crippen molar-refractivity contribution in [1.29, 1.82) is 0 Å². The van der Waals surface area contributed by atoms with E-state index in [9.17, 15) is 44.3 Å². The lowest BCUT2D eigenvalue weighted by Crippen LogP contribution is -2.35. The molecule has 0 saturated heterocycles. The van der Waals surface area contributed by atoms with Crippen molar-refractivity contribution in [1.82, 2.24) is 20.2 Å². The van der Waals surface area contributed by atoms with E-state index in [4.69, 9.17) is 4.74 Å². The Hall–Kier alpha value is -4.05. The van der Waals surface area contributed by atoms with Gasteiger partial charge in [-0.25, -0.2) is 4.79 Å². The molecule has 2 unspecified atom stereocenters. The van der Waals surface area contributed by atoms with Crippen LogP contribution in [0.3, 0.4) is 0 Å². The number of fused-ring (bicyclic) bond motifs is 1. The van der Waals surface area contributed by atoms with Crippen LogP contribution < -0.4 is 9.80 Å². The van der Waals surface area contributed by atoms with Crippen LogP contribution in [0.2, 0.25) is 0 Å². The average molecular weight is 653 g/mol. The number of aryl methyl sites for hydroxylation is 2. The predicted molar refractivity (Wildman–Crippen MR) is 143 cm³/mol. The van der Waals surface area contributed by atoms with Gasteiger partial charge in [0.15, 0.2) is 0 Å². The van der Waals surface area contributed by atoms with Crippen LogP contribution in [-0.2, 0) is 36.9 Å². The van der Waals surface area contributed by atoms with Crippen LogP contribution in [0.15, 0.2) is 30.3 Å². The van der Waals surface area contributed by atoms with E-state index >= 15 is 0 Å². The van der Waals surface area contributed by atoms with Gasteiger partial charge in [0.25, 0.3) is 5.95 Å². The standard InChI is InChI=1S/C28H29F9N6O2/c1-5-16(3)45-25(44)42-8-6-7-22(20-9-15(2)21(13-23(20)42)28(35,36)37)43(24-38-40-41(4)39-24)14-17-10-18(26(29,30)31)12-19(11-17)27(32,33)34/h9-13,16,22H,5-8,14H2,1-4H3. The molecule has 45 heavy (non-hydrogen) atoms. The SMILES string of the molecule is CCC(C)OC(=O)N1CCCC(N(Cc2cc(C(F)(F)F)cc(C(F)(F)F)c2)c2nnn(C)n2)c2cc(C)c(C(F)(F)F)cc21. The van der Waals surface area contributed by atoms with E-state index in [0.29, 0.717) is 18.6 Å². The molecule has 1 amide bonds. The van der Waals surface area contributed by atoms with Crippen LogP contribution >= 0.6 is 0 Å².